The molecule has 27 heavy (non-hydrogen) atoms. The molecule has 10 heteroatoms. The number of hydrogen-bond donors (Lipinski definition) is 2. The molecule has 1 aliphatic heterocycles. The molecule has 0 aliphatic carbocycles. The summed E-state index contributed by atoms with van der Waals surface area (Å²) in [5, 5.41) is 14.0. The summed E-state index contributed by atoms with van der Waals surface area (Å²) >= 11 is 0. The fourth-order valence-electron chi connectivity index (χ4n) is 2.74. The van der Waals surface area contributed by atoms with E-state index in [0.29, 0.717) is 6.54 Å². The minimum Gasteiger partial charge on any atom is -0.483 e. The number of amides is 2. The zero-order chi connectivity index (χ0) is 19.3. The number of hydrogen-bond acceptors (Lipinski definition) is 6. The zero-order valence-corrected chi connectivity index (χ0v) is 15.1. The number of pyridine rings is 1. The first kappa shape index (κ1) is 20.3. The Kier molecular flexibility index (Phi) is 8.70. The van der Waals surface area contributed by atoms with Crippen molar-refractivity contribution in [2.24, 2.45) is 0 Å². The zero-order valence-electron chi connectivity index (χ0n) is 15.1. The van der Waals surface area contributed by atoms with E-state index in [-0.39, 0.29) is 12.5 Å². The monoisotopic (exact) mass is 375 g/mol. The lowest BCUT2D eigenvalue weighted by Gasteiger charge is -2.34. The first-order valence-corrected chi connectivity index (χ1v) is 8.77. The molecule has 1 fully saturated rings. The predicted octanol–water partition coefficient (Wildman–Crippen LogP) is -0.0562. The fourth-order valence-corrected chi connectivity index (χ4v) is 2.74. The molecule has 0 atom stereocenters. The fraction of sp³-hybridized carbons (Fsp3) is 0.471. The summed E-state index contributed by atoms with van der Waals surface area (Å²) < 4.78 is 1.83. The lowest BCUT2D eigenvalue weighted by Crippen LogP contribution is -2.52. The molecule has 1 aliphatic rings. The summed E-state index contributed by atoms with van der Waals surface area (Å²) in [5.74, 6) is 0. The van der Waals surface area contributed by atoms with Gasteiger partial charge in [-0.05, 0) is 24.1 Å². The average Bonchev–Trinajstić information content (AvgIpc) is 3.22. The van der Waals surface area contributed by atoms with Gasteiger partial charge in [0.05, 0.1) is 6.54 Å². The summed E-state index contributed by atoms with van der Waals surface area (Å²) in [5.41, 5.74) is 1.18. The third-order valence-electron chi connectivity index (χ3n) is 4.21. The van der Waals surface area contributed by atoms with E-state index in [0.717, 1.165) is 45.7 Å². The van der Waals surface area contributed by atoms with Gasteiger partial charge in [0, 0.05) is 51.7 Å². The predicted molar refractivity (Wildman–Crippen MR) is 98.1 cm³/mol. The second kappa shape index (κ2) is 11.6. The van der Waals surface area contributed by atoms with Crippen LogP contribution in [-0.4, -0.2) is 86.4 Å². The van der Waals surface area contributed by atoms with Crippen molar-refractivity contribution >= 4 is 12.5 Å². The van der Waals surface area contributed by atoms with E-state index in [9.17, 15) is 4.79 Å². The molecular weight excluding hydrogens is 350 g/mol. The Morgan fingerprint density at radius 3 is 2.48 bits per heavy atom. The summed E-state index contributed by atoms with van der Waals surface area (Å²) in [6.07, 6.45) is 7.65. The van der Waals surface area contributed by atoms with Crippen LogP contribution in [0.3, 0.4) is 0 Å². The van der Waals surface area contributed by atoms with Gasteiger partial charge >= 0.3 is 6.03 Å². The van der Waals surface area contributed by atoms with E-state index in [1.54, 1.807) is 25.0 Å². The molecule has 2 aromatic heterocycles. The van der Waals surface area contributed by atoms with Gasteiger partial charge in [-0.3, -0.25) is 19.4 Å². The molecule has 3 heterocycles. The quantitative estimate of drug-likeness (QED) is 0.680. The number of aromatic nitrogens is 4. The maximum atomic E-state index is 12.2. The van der Waals surface area contributed by atoms with Gasteiger partial charge in [-0.15, -0.1) is 0 Å². The lowest BCUT2D eigenvalue weighted by molar-refractivity contribution is -0.122. The summed E-state index contributed by atoms with van der Waals surface area (Å²) in [6, 6.07) is 3.97. The Labute approximate surface area is 157 Å². The van der Waals surface area contributed by atoms with E-state index in [2.05, 4.69) is 25.3 Å². The second-order valence-electron chi connectivity index (χ2n) is 5.93. The molecule has 0 unspecified atom stereocenters. The second-order valence-corrected chi connectivity index (χ2v) is 5.93. The molecule has 0 saturated carbocycles. The normalized spacial score (nSPS) is 14.1. The molecule has 2 amide bonds. The molecule has 2 aromatic rings. The smallest absolute Gasteiger partial charge is 0.317 e. The molecule has 2 N–H and O–H groups in total. The first-order chi connectivity index (χ1) is 13.2. The van der Waals surface area contributed by atoms with Crippen molar-refractivity contribution in [3.8, 4) is 0 Å². The highest BCUT2D eigenvalue weighted by Crippen LogP contribution is 2.03. The maximum Gasteiger partial charge on any atom is 0.317 e. The van der Waals surface area contributed by atoms with Crippen molar-refractivity contribution in [1.29, 1.82) is 0 Å². The minimum absolute atomic E-state index is 0.0278. The standard InChI is InChI=1S/C16H23N7O.CH2O2/c24-16(19-6-3-15-1-4-17-5-2-15)22-10-7-21(8-11-22)9-12-23-14-18-13-20-23;2-1-3/h1-2,4-5,13-14H,3,6-12H2,(H,19,24);1H,(H,2,3). The van der Waals surface area contributed by atoms with Crippen LogP contribution in [0.15, 0.2) is 37.2 Å². The minimum atomic E-state index is -0.250. The van der Waals surface area contributed by atoms with Crippen LogP contribution in [0.5, 0.6) is 0 Å². The van der Waals surface area contributed by atoms with Gasteiger partial charge < -0.3 is 15.3 Å². The van der Waals surface area contributed by atoms with Crippen molar-refractivity contribution in [2.45, 2.75) is 13.0 Å². The van der Waals surface area contributed by atoms with Crippen LogP contribution in [0, 0.1) is 0 Å². The van der Waals surface area contributed by atoms with Crippen molar-refractivity contribution < 1.29 is 14.7 Å². The SMILES string of the molecule is O=C(NCCc1ccncc1)N1CCN(CCn2cncn2)CC1.O=CO. The van der Waals surface area contributed by atoms with E-state index in [4.69, 9.17) is 9.90 Å². The molecule has 0 bridgehead atoms. The Hall–Kier alpha value is -3.01. The number of carbonyl (C=O) groups is 2. The highest BCUT2D eigenvalue weighted by molar-refractivity contribution is 5.74. The van der Waals surface area contributed by atoms with Crippen LogP contribution >= 0.6 is 0 Å². The molecule has 1 saturated heterocycles. The van der Waals surface area contributed by atoms with Crippen molar-refractivity contribution in [2.75, 3.05) is 39.3 Å². The number of urea groups is 1. The van der Waals surface area contributed by atoms with Gasteiger partial charge in [-0.1, -0.05) is 0 Å². The maximum absolute atomic E-state index is 12.2. The molecular formula is C17H25N7O3. The summed E-state index contributed by atoms with van der Waals surface area (Å²) in [4.78, 5) is 32.7. The largest absolute Gasteiger partial charge is 0.483 e. The number of carboxylic acid groups (broad SMARTS) is 1. The Bertz CT molecular complexity index is 658. The van der Waals surface area contributed by atoms with Crippen LogP contribution in [0.1, 0.15) is 5.56 Å². The third-order valence-corrected chi connectivity index (χ3v) is 4.21. The highest BCUT2D eigenvalue weighted by atomic mass is 16.3. The van der Waals surface area contributed by atoms with Crippen molar-refractivity contribution in [3.05, 3.63) is 42.7 Å². The highest BCUT2D eigenvalue weighted by Gasteiger charge is 2.20. The van der Waals surface area contributed by atoms with Crippen molar-refractivity contribution in [1.82, 2.24) is 34.9 Å². The van der Waals surface area contributed by atoms with Gasteiger partial charge in [0.25, 0.3) is 6.47 Å². The van der Waals surface area contributed by atoms with Gasteiger partial charge in [0.2, 0.25) is 0 Å². The number of piperazine rings is 1. The number of nitrogens with one attached hydrogen (secondary N) is 1. The van der Waals surface area contributed by atoms with Gasteiger partial charge in [-0.25, -0.2) is 9.78 Å². The van der Waals surface area contributed by atoms with Crippen molar-refractivity contribution in [3.63, 3.8) is 0 Å². The topological polar surface area (TPSA) is 116 Å². The molecule has 10 nitrogen and oxygen atoms in total. The van der Waals surface area contributed by atoms with E-state index >= 15 is 0 Å². The average molecular weight is 375 g/mol. The number of carbonyl (C=O) groups excluding carboxylic acids is 1. The Morgan fingerprint density at radius 1 is 1.15 bits per heavy atom. The van der Waals surface area contributed by atoms with Crippen LogP contribution in [0.2, 0.25) is 0 Å². The van der Waals surface area contributed by atoms with Crippen LogP contribution in [0.4, 0.5) is 4.79 Å². The van der Waals surface area contributed by atoms with Crippen LogP contribution in [-0.2, 0) is 17.8 Å². The van der Waals surface area contributed by atoms with Gasteiger partial charge in [-0.2, -0.15) is 5.10 Å². The first-order valence-electron chi connectivity index (χ1n) is 8.77. The third kappa shape index (κ3) is 7.40. The summed E-state index contributed by atoms with van der Waals surface area (Å²) in [7, 11) is 0. The molecule has 3 rings (SSSR count). The Balaban J connectivity index is 0.000000817. The Morgan fingerprint density at radius 2 is 1.85 bits per heavy atom. The van der Waals surface area contributed by atoms with E-state index in [1.807, 2.05) is 21.7 Å². The summed E-state index contributed by atoms with van der Waals surface area (Å²) in [6.45, 7) is 5.48. The van der Waals surface area contributed by atoms with Gasteiger partial charge in [0.1, 0.15) is 12.7 Å². The lowest BCUT2D eigenvalue weighted by atomic mass is 10.2. The van der Waals surface area contributed by atoms with Crippen LogP contribution in [0.25, 0.3) is 0 Å². The van der Waals surface area contributed by atoms with E-state index in [1.165, 1.54) is 5.56 Å². The molecule has 0 spiro atoms. The molecule has 146 valence electrons. The van der Waals surface area contributed by atoms with Crippen LogP contribution < -0.4 is 5.32 Å². The number of nitrogens with zero attached hydrogens (tertiary/aromatic N) is 6. The molecule has 0 aromatic carbocycles. The molecule has 0 radical (unpaired) electrons. The van der Waals surface area contributed by atoms with Gasteiger partial charge in [0.15, 0.2) is 0 Å². The number of rotatable bonds is 6. The van der Waals surface area contributed by atoms with E-state index < -0.39 is 0 Å².